The summed E-state index contributed by atoms with van der Waals surface area (Å²) in [5, 5.41) is 9.02. The normalized spacial score (nSPS) is 14.8. The number of hydrogen-bond donors (Lipinski definition) is 0. The minimum Gasteiger partial charge on any atom is -0.495 e. The average molecular weight is 407 g/mol. The van der Waals surface area contributed by atoms with Crippen LogP contribution >= 0.6 is 0 Å². The number of rotatable bonds is 8. The van der Waals surface area contributed by atoms with Crippen LogP contribution in [0.5, 0.6) is 5.75 Å². The third-order valence-corrected chi connectivity index (χ3v) is 5.44. The first-order valence-electron chi connectivity index (χ1n) is 10.4. The quantitative estimate of drug-likeness (QED) is 0.674. The molecule has 0 saturated carbocycles. The van der Waals surface area contributed by atoms with Crippen molar-refractivity contribution in [2.75, 3.05) is 51.3 Å². The molecule has 1 amide bonds. The smallest absolute Gasteiger partial charge is 0.241 e. The fourth-order valence-corrected chi connectivity index (χ4v) is 3.84. The maximum absolute atomic E-state index is 13.1. The number of carbonyl (C=O) groups is 1. The van der Waals surface area contributed by atoms with Crippen molar-refractivity contribution in [1.82, 2.24) is 9.80 Å². The highest BCUT2D eigenvalue weighted by Gasteiger charge is 2.24. The summed E-state index contributed by atoms with van der Waals surface area (Å²) in [5.41, 5.74) is 3.34. The number of amides is 1. The van der Waals surface area contributed by atoms with Gasteiger partial charge in [0.1, 0.15) is 5.75 Å². The molecule has 0 unspecified atom stereocenters. The third-order valence-electron chi connectivity index (χ3n) is 5.44. The molecule has 1 aliphatic rings. The standard InChI is InChI=1S/C24H30N4O2/c1-20-7-5-8-21(17-20)18-26-13-15-27(16-14-26)19-24(29)28(12-6-11-25)22-9-3-4-10-23(22)30-2/h3-5,7-10,17H,6,12-16,18-19H2,1-2H3. The van der Waals surface area contributed by atoms with Crippen LogP contribution in [0.2, 0.25) is 0 Å². The molecule has 0 N–H and O–H groups in total. The van der Waals surface area contributed by atoms with Crippen molar-refractivity contribution in [3.05, 3.63) is 59.7 Å². The third kappa shape index (κ3) is 5.82. The number of para-hydroxylation sites is 2. The van der Waals surface area contributed by atoms with Crippen molar-refractivity contribution in [2.45, 2.75) is 19.9 Å². The van der Waals surface area contributed by atoms with Gasteiger partial charge in [-0.05, 0) is 24.6 Å². The molecular formula is C24H30N4O2. The van der Waals surface area contributed by atoms with E-state index in [2.05, 4.69) is 47.1 Å². The van der Waals surface area contributed by atoms with Crippen LogP contribution in [0.15, 0.2) is 48.5 Å². The van der Waals surface area contributed by atoms with E-state index in [1.165, 1.54) is 11.1 Å². The van der Waals surface area contributed by atoms with Gasteiger partial charge in [0.25, 0.3) is 0 Å². The fraction of sp³-hybridized carbons (Fsp3) is 0.417. The van der Waals surface area contributed by atoms with Gasteiger partial charge in [0.2, 0.25) is 5.91 Å². The molecule has 1 fully saturated rings. The lowest BCUT2D eigenvalue weighted by atomic mass is 10.1. The molecule has 2 aromatic rings. The first-order valence-corrected chi connectivity index (χ1v) is 10.4. The van der Waals surface area contributed by atoms with E-state index >= 15 is 0 Å². The van der Waals surface area contributed by atoms with Gasteiger partial charge >= 0.3 is 0 Å². The Morgan fingerprint density at radius 2 is 1.83 bits per heavy atom. The maximum atomic E-state index is 13.1. The Labute approximate surface area is 179 Å². The number of anilines is 1. The summed E-state index contributed by atoms with van der Waals surface area (Å²) >= 11 is 0. The maximum Gasteiger partial charge on any atom is 0.241 e. The Kier molecular flexibility index (Phi) is 7.83. The van der Waals surface area contributed by atoms with Gasteiger partial charge in [0, 0.05) is 39.3 Å². The van der Waals surface area contributed by atoms with Crippen LogP contribution in [0.1, 0.15) is 17.5 Å². The van der Waals surface area contributed by atoms with Crippen LogP contribution in [0.4, 0.5) is 5.69 Å². The van der Waals surface area contributed by atoms with Crippen LogP contribution in [0, 0.1) is 18.3 Å². The number of nitriles is 1. The molecular weight excluding hydrogens is 376 g/mol. The summed E-state index contributed by atoms with van der Waals surface area (Å²) in [7, 11) is 1.60. The summed E-state index contributed by atoms with van der Waals surface area (Å²) in [6.07, 6.45) is 0.286. The highest BCUT2D eigenvalue weighted by atomic mass is 16.5. The van der Waals surface area contributed by atoms with Crippen LogP contribution in [-0.4, -0.2) is 62.1 Å². The van der Waals surface area contributed by atoms with E-state index in [1.807, 2.05) is 24.3 Å². The van der Waals surface area contributed by atoms with Gasteiger partial charge in [-0.25, -0.2) is 0 Å². The lowest BCUT2D eigenvalue weighted by molar-refractivity contribution is -0.120. The fourth-order valence-electron chi connectivity index (χ4n) is 3.84. The molecule has 0 bridgehead atoms. The van der Waals surface area contributed by atoms with E-state index < -0.39 is 0 Å². The van der Waals surface area contributed by atoms with Gasteiger partial charge in [-0.15, -0.1) is 0 Å². The zero-order chi connectivity index (χ0) is 21.3. The van der Waals surface area contributed by atoms with Gasteiger partial charge in [0.05, 0.1) is 31.8 Å². The zero-order valence-electron chi connectivity index (χ0n) is 17.9. The molecule has 3 rings (SSSR count). The van der Waals surface area contributed by atoms with Crippen molar-refractivity contribution < 1.29 is 9.53 Å². The summed E-state index contributed by atoms with van der Waals surface area (Å²) in [5.74, 6) is 0.647. The topological polar surface area (TPSA) is 59.8 Å². The highest BCUT2D eigenvalue weighted by Crippen LogP contribution is 2.28. The second-order valence-electron chi connectivity index (χ2n) is 7.67. The van der Waals surface area contributed by atoms with Gasteiger partial charge in [-0.1, -0.05) is 42.0 Å². The van der Waals surface area contributed by atoms with E-state index in [4.69, 9.17) is 10.00 Å². The number of piperazine rings is 1. The van der Waals surface area contributed by atoms with E-state index in [0.717, 1.165) is 38.4 Å². The Morgan fingerprint density at radius 3 is 2.53 bits per heavy atom. The van der Waals surface area contributed by atoms with E-state index in [-0.39, 0.29) is 12.3 Å². The SMILES string of the molecule is COc1ccccc1N(CCC#N)C(=O)CN1CCN(Cc2cccc(C)c2)CC1. The number of nitrogens with zero attached hydrogens (tertiary/aromatic N) is 4. The van der Waals surface area contributed by atoms with Crippen molar-refractivity contribution in [3.8, 4) is 11.8 Å². The second-order valence-corrected chi connectivity index (χ2v) is 7.67. The van der Waals surface area contributed by atoms with Gasteiger partial charge in [-0.2, -0.15) is 5.26 Å². The lowest BCUT2D eigenvalue weighted by Crippen LogP contribution is -2.50. The predicted molar refractivity (Wildman–Crippen MR) is 118 cm³/mol. The van der Waals surface area contributed by atoms with E-state index in [9.17, 15) is 4.79 Å². The number of methoxy groups -OCH3 is 1. The Bertz CT molecular complexity index is 885. The average Bonchev–Trinajstić information content (AvgIpc) is 2.76. The lowest BCUT2D eigenvalue weighted by Gasteiger charge is -2.35. The molecule has 0 aromatic heterocycles. The molecule has 6 heteroatoms. The monoisotopic (exact) mass is 406 g/mol. The number of carbonyl (C=O) groups excluding carboxylic acids is 1. The van der Waals surface area contributed by atoms with Crippen LogP contribution in [0.3, 0.4) is 0 Å². The van der Waals surface area contributed by atoms with Crippen molar-refractivity contribution in [3.63, 3.8) is 0 Å². The minimum absolute atomic E-state index is 0.00174. The molecule has 6 nitrogen and oxygen atoms in total. The number of benzene rings is 2. The first kappa shape index (κ1) is 21.8. The minimum atomic E-state index is 0.00174. The van der Waals surface area contributed by atoms with Gasteiger partial charge < -0.3 is 9.64 Å². The molecule has 0 atom stereocenters. The molecule has 158 valence electrons. The van der Waals surface area contributed by atoms with Crippen molar-refractivity contribution in [2.24, 2.45) is 0 Å². The molecule has 1 heterocycles. The molecule has 2 aromatic carbocycles. The van der Waals surface area contributed by atoms with Crippen LogP contribution in [-0.2, 0) is 11.3 Å². The zero-order valence-corrected chi connectivity index (χ0v) is 17.9. The second kappa shape index (κ2) is 10.8. The largest absolute Gasteiger partial charge is 0.495 e. The summed E-state index contributed by atoms with van der Waals surface area (Å²) in [6, 6.07) is 18.2. The molecule has 30 heavy (non-hydrogen) atoms. The first-order chi connectivity index (χ1) is 14.6. The Morgan fingerprint density at radius 1 is 1.10 bits per heavy atom. The highest BCUT2D eigenvalue weighted by molar-refractivity contribution is 5.96. The van der Waals surface area contributed by atoms with Gasteiger partial charge in [0.15, 0.2) is 0 Å². The molecule has 0 radical (unpaired) electrons. The van der Waals surface area contributed by atoms with E-state index in [0.29, 0.717) is 18.8 Å². The Hall–Kier alpha value is -2.88. The van der Waals surface area contributed by atoms with Crippen LogP contribution in [0.25, 0.3) is 0 Å². The number of ether oxygens (including phenoxy) is 1. The summed E-state index contributed by atoms with van der Waals surface area (Å²) in [4.78, 5) is 19.4. The Balaban J connectivity index is 1.58. The van der Waals surface area contributed by atoms with Crippen molar-refractivity contribution in [1.29, 1.82) is 5.26 Å². The van der Waals surface area contributed by atoms with Crippen molar-refractivity contribution >= 4 is 11.6 Å². The van der Waals surface area contributed by atoms with E-state index in [1.54, 1.807) is 12.0 Å². The molecule has 0 aliphatic carbocycles. The number of hydrogen-bond acceptors (Lipinski definition) is 5. The molecule has 1 saturated heterocycles. The number of aryl methyl sites for hydroxylation is 1. The molecule has 1 aliphatic heterocycles. The predicted octanol–water partition coefficient (Wildman–Crippen LogP) is 3.07. The molecule has 0 spiro atoms. The van der Waals surface area contributed by atoms with Gasteiger partial charge in [-0.3, -0.25) is 14.6 Å². The summed E-state index contributed by atoms with van der Waals surface area (Å²) < 4.78 is 5.43. The van der Waals surface area contributed by atoms with Crippen LogP contribution < -0.4 is 9.64 Å². The summed E-state index contributed by atoms with van der Waals surface area (Å²) in [6.45, 7) is 7.36.